The third-order valence-electron chi connectivity index (χ3n) is 3.85. The van der Waals surface area contributed by atoms with E-state index in [1.807, 2.05) is 0 Å². The number of hydrogen-bond acceptors (Lipinski definition) is 3. The topological polar surface area (TPSA) is 56.6 Å². The predicted octanol–water partition coefficient (Wildman–Crippen LogP) is 3.53. The Labute approximate surface area is 136 Å². The summed E-state index contributed by atoms with van der Waals surface area (Å²) >= 11 is 0. The van der Waals surface area contributed by atoms with Crippen molar-refractivity contribution in [3.63, 3.8) is 0 Å². The number of ketones is 1. The number of hydroxylamine groups is 1. The van der Waals surface area contributed by atoms with Crippen molar-refractivity contribution >= 4 is 5.78 Å². The highest BCUT2D eigenvalue weighted by Gasteiger charge is 2.02. The summed E-state index contributed by atoms with van der Waals surface area (Å²) in [6, 6.07) is 0. The van der Waals surface area contributed by atoms with Gasteiger partial charge in [0.05, 0.1) is 0 Å². The van der Waals surface area contributed by atoms with E-state index in [9.17, 15) is 10.0 Å². The molecule has 0 saturated carbocycles. The number of rotatable bonds is 16. The van der Waals surface area contributed by atoms with Gasteiger partial charge in [-0.3, -0.25) is 9.97 Å². The lowest BCUT2D eigenvalue weighted by Crippen LogP contribution is -3.09. The first kappa shape index (κ1) is 21.3. The molecule has 0 heterocycles. The van der Waals surface area contributed by atoms with Crippen molar-refractivity contribution in [1.29, 1.82) is 0 Å². The fourth-order valence-electron chi connectivity index (χ4n) is 2.44. The van der Waals surface area contributed by atoms with Crippen molar-refractivity contribution in [2.75, 3.05) is 6.54 Å². The molecule has 0 bridgehead atoms. The second-order valence-electron chi connectivity index (χ2n) is 6.54. The Hall–Kier alpha value is -0.710. The van der Waals surface area contributed by atoms with Gasteiger partial charge >= 0.3 is 0 Å². The third kappa shape index (κ3) is 15.7. The fraction of sp³-hybridized carbons (Fsp3) is 0.833. The second-order valence-corrected chi connectivity index (χ2v) is 6.54. The molecule has 130 valence electrons. The number of carbonyl (C=O) groups excluding carboxylic acids is 1. The summed E-state index contributed by atoms with van der Waals surface area (Å²) in [5, 5.41) is 10.8. The minimum Gasteiger partial charge on any atom is -0.608 e. The van der Waals surface area contributed by atoms with Crippen LogP contribution in [-0.2, 0) is 4.79 Å². The smallest absolute Gasteiger partial charge is 0.132 e. The van der Waals surface area contributed by atoms with Crippen LogP contribution >= 0.6 is 0 Å². The van der Waals surface area contributed by atoms with Gasteiger partial charge in [0.2, 0.25) is 0 Å². The van der Waals surface area contributed by atoms with Gasteiger partial charge in [0, 0.05) is 19.4 Å². The lowest BCUT2D eigenvalue weighted by atomic mass is 10.0. The van der Waals surface area contributed by atoms with Gasteiger partial charge in [0.1, 0.15) is 12.0 Å². The Morgan fingerprint density at radius 3 is 2.18 bits per heavy atom. The number of unbranched alkanes of at least 4 members (excludes halogenated alkanes) is 6. The zero-order valence-corrected chi connectivity index (χ0v) is 14.7. The van der Waals surface area contributed by atoms with E-state index >= 15 is 0 Å². The molecule has 2 N–H and O–H groups in total. The number of carbonyl (C=O) groups is 1. The molecule has 0 radical (unpaired) electrons. The van der Waals surface area contributed by atoms with Crippen LogP contribution in [0.2, 0.25) is 0 Å². The van der Waals surface area contributed by atoms with E-state index < -0.39 is 0 Å². The molecule has 0 fully saturated rings. The summed E-state index contributed by atoms with van der Waals surface area (Å²) in [5.41, 5.74) is 2.77. The summed E-state index contributed by atoms with van der Waals surface area (Å²) in [7, 11) is 0. The predicted molar refractivity (Wildman–Crippen MR) is 93.2 cm³/mol. The van der Waals surface area contributed by atoms with Gasteiger partial charge in [0.15, 0.2) is 0 Å². The van der Waals surface area contributed by atoms with Crippen molar-refractivity contribution in [3.05, 3.63) is 18.0 Å². The molecule has 1 atom stereocenters. The maximum absolute atomic E-state index is 11.7. The second kappa shape index (κ2) is 15.2. The first-order chi connectivity index (χ1) is 10.6. The largest absolute Gasteiger partial charge is 0.608 e. The molecular weight excluding hydrogens is 276 g/mol. The van der Waals surface area contributed by atoms with Gasteiger partial charge in [0.25, 0.3) is 0 Å². The van der Waals surface area contributed by atoms with E-state index in [1.54, 1.807) is 0 Å². The summed E-state index contributed by atoms with van der Waals surface area (Å²) < 4.78 is 0. The maximum Gasteiger partial charge on any atom is 0.132 e. The summed E-state index contributed by atoms with van der Waals surface area (Å²) in [6.45, 7) is 8.63. The highest BCUT2D eigenvalue weighted by Crippen LogP contribution is 2.12. The third-order valence-corrected chi connectivity index (χ3v) is 3.85. The quantitative estimate of drug-likeness (QED) is 0.338. The van der Waals surface area contributed by atoms with E-state index in [0.29, 0.717) is 5.78 Å². The van der Waals surface area contributed by atoms with E-state index in [0.717, 1.165) is 63.8 Å². The highest BCUT2D eigenvalue weighted by molar-refractivity contribution is 5.78. The van der Waals surface area contributed by atoms with Crippen LogP contribution in [-0.4, -0.2) is 12.3 Å². The molecule has 4 heteroatoms. The SMILES string of the molecule is C=C[NH+]([O-])NCCCCCCCC(=O)CCCCCC(C)C. The molecule has 4 nitrogen and oxygen atoms in total. The zero-order chi connectivity index (χ0) is 16.6. The van der Waals surface area contributed by atoms with Gasteiger partial charge < -0.3 is 5.21 Å². The van der Waals surface area contributed by atoms with Crippen LogP contribution in [0.5, 0.6) is 0 Å². The monoisotopic (exact) mass is 312 g/mol. The number of Topliss-reactive ketones (excluding diaryl/α,β-unsaturated/α-hetero) is 1. The molecule has 0 aliphatic heterocycles. The van der Waals surface area contributed by atoms with E-state index in [1.165, 1.54) is 25.5 Å². The van der Waals surface area contributed by atoms with Crippen LogP contribution in [0.3, 0.4) is 0 Å². The first-order valence-corrected chi connectivity index (χ1v) is 8.98. The molecule has 0 amide bonds. The Kier molecular flexibility index (Phi) is 14.7. The molecule has 0 spiro atoms. The minimum atomic E-state index is -0.0982. The Balaban J connectivity index is 3.23. The minimum absolute atomic E-state index is 0.0982. The van der Waals surface area contributed by atoms with Crippen LogP contribution in [0.25, 0.3) is 0 Å². The number of quaternary nitrogens is 1. The van der Waals surface area contributed by atoms with E-state index in [2.05, 4.69) is 25.9 Å². The lowest BCUT2D eigenvalue weighted by molar-refractivity contribution is -0.842. The van der Waals surface area contributed by atoms with Gasteiger partial charge in [-0.25, -0.2) is 0 Å². The van der Waals surface area contributed by atoms with E-state index in [-0.39, 0.29) is 5.17 Å². The molecule has 0 aromatic carbocycles. The molecule has 0 aliphatic carbocycles. The first-order valence-electron chi connectivity index (χ1n) is 8.98. The van der Waals surface area contributed by atoms with Crippen molar-refractivity contribution in [3.8, 4) is 0 Å². The standard InChI is InChI=1S/C18H36N2O2/c1-4-20(22)19-16-12-7-5-6-10-14-18(21)15-11-8-9-13-17(2)3/h4,17,19-20H,1,5-16H2,2-3H3. The molecular formula is C18H36N2O2. The van der Waals surface area contributed by atoms with Gasteiger partial charge in [-0.1, -0.05) is 52.4 Å². The molecule has 0 aliphatic rings. The zero-order valence-electron chi connectivity index (χ0n) is 14.7. The van der Waals surface area contributed by atoms with Crippen LogP contribution in [0, 0.1) is 11.1 Å². The van der Waals surface area contributed by atoms with Gasteiger partial charge in [-0.15, -0.1) is 0 Å². The lowest BCUT2D eigenvalue weighted by Gasteiger charge is -2.16. The fourth-order valence-corrected chi connectivity index (χ4v) is 2.44. The van der Waals surface area contributed by atoms with Crippen LogP contribution in [0.1, 0.15) is 84.5 Å². The molecule has 0 rings (SSSR count). The molecule has 1 unspecified atom stereocenters. The van der Waals surface area contributed by atoms with Crippen molar-refractivity contribution < 1.29 is 9.97 Å². The molecule has 22 heavy (non-hydrogen) atoms. The Morgan fingerprint density at radius 2 is 1.59 bits per heavy atom. The number of hydrogen-bond donors (Lipinski definition) is 2. The van der Waals surface area contributed by atoms with Crippen molar-refractivity contribution in [2.24, 2.45) is 5.92 Å². The summed E-state index contributed by atoms with van der Waals surface area (Å²) in [6.07, 6.45) is 13.0. The number of nitrogens with one attached hydrogen (secondary N) is 2. The van der Waals surface area contributed by atoms with Crippen LogP contribution in [0.15, 0.2) is 12.8 Å². The normalized spacial score (nSPS) is 12.5. The highest BCUT2D eigenvalue weighted by atomic mass is 16.5. The van der Waals surface area contributed by atoms with Crippen molar-refractivity contribution in [1.82, 2.24) is 5.43 Å². The molecule has 0 aromatic heterocycles. The van der Waals surface area contributed by atoms with Crippen LogP contribution < -0.4 is 10.6 Å². The molecule has 0 aromatic rings. The molecule has 0 saturated heterocycles. The van der Waals surface area contributed by atoms with Gasteiger partial charge in [-0.05, 0) is 31.8 Å². The Bertz CT molecular complexity index is 280. The van der Waals surface area contributed by atoms with E-state index in [4.69, 9.17) is 0 Å². The maximum atomic E-state index is 11.7. The average Bonchev–Trinajstić information content (AvgIpc) is 2.48. The van der Waals surface area contributed by atoms with Crippen molar-refractivity contribution in [2.45, 2.75) is 84.5 Å². The summed E-state index contributed by atoms with van der Waals surface area (Å²) in [5.74, 6) is 1.21. The average molecular weight is 312 g/mol. The summed E-state index contributed by atoms with van der Waals surface area (Å²) in [4.78, 5) is 11.7. The Morgan fingerprint density at radius 1 is 1.05 bits per heavy atom. The van der Waals surface area contributed by atoms with Crippen LogP contribution in [0.4, 0.5) is 0 Å². The van der Waals surface area contributed by atoms with Gasteiger partial charge in [-0.2, -0.15) is 5.43 Å².